The summed E-state index contributed by atoms with van der Waals surface area (Å²) in [5, 5.41) is 18.0. The number of pyridine rings is 1. The van der Waals surface area contributed by atoms with Crippen LogP contribution in [0.25, 0.3) is 22.2 Å². The van der Waals surface area contributed by atoms with Gasteiger partial charge in [0.05, 0.1) is 41.7 Å². The number of aryl methyl sites for hydroxylation is 1. The van der Waals surface area contributed by atoms with Gasteiger partial charge in [-0.25, -0.2) is 22.8 Å². The third-order valence-electron chi connectivity index (χ3n) is 6.25. The molecule has 2 N–H and O–H groups in total. The molecule has 0 atom stereocenters. The van der Waals surface area contributed by atoms with Crippen LogP contribution in [0.5, 0.6) is 5.75 Å². The molecule has 1 aliphatic rings. The molecule has 5 rings (SSSR count). The zero-order valence-corrected chi connectivity index (χ0v) is 20.7. The van der Waals surface area contributed by atoms with E-state index in [1.165, 1.54) is 4.57 Å². The molecule has 3 aromatic heterocycles. The fourth-order valence-corrected chi connectivity index (χ4v) is 5.66. The van der Waals surface area contributed by atoms with Gasteiger partial charge in [0.2, 0.25) is 0 Å². The molecule has 4 aromatic rings. The van der Waals surface area contributed by atoms with E-state index < -0.39 is 15.9 Å². The van der Waals surface area contributed by atoms with Crippen molar-refractivity contribution in [3.05, 3.63) is 54.5 Å². The summed E-state index contributed by atoms with van der Waals surface area (Å²) in [6.07, 6.45) is 3.90. The number of sulfone groups is 1. The molecule has 188 valence electrons. The number of benzene rings is 1. The van der Waals surface area contributed by atoms with E-state index in [1.807, 2.05) is 18.2 Å². The molecule has 0 spiro atoms. The van der Waals surface area contributed by atoms with Crippen molar-refractivity contribution in [3.8, 4) is 17.0 Å². The van der Waals surface area contributed by atoms with Crippen molar-refractivity contribution in [2.45, 2.75) is 6.54 Å². The van der Waals surface area contributed by atoms with Crippen molar-refractivity contribution < 1.29 is 23.1 Å². The Morgan fingerprint density at radius 2 is 1.94 bits per heavy atom. The highest BCUT2D eigenvalue weighted by Crippen LogP contribution is 2.32. The predicted octanol–water partition coefficient (Wildman–Crippen LogP) is 2.95. The van der Waals surface area contributed by atoms with Gasteiger partial charge in [0.25, 0.3) is 0 Å². The minimum atomic E-state index is -2.93. The molecule has 0 saturated carbocycles. The second-order valence-electron chi connectivity index (χ2n) is 8.77. The van der Waals surface area contributed by atoms with Crippen LogP contribution in [0.3, 0.4) is 0 Å². The summed E-state index contributed by atoms with van der Waals surface area (Å²) in [4.78, 5) is 18.7. The average molecular weight is 511 g/mol. The standard InChI is InChI=1S/C24H26N6O5S/c1-28-15-18(13-26-28)20-10-17-12-25-23(11-21(17)30(20)24(31)32)27-19-4-3-16(9-22(19)35-2)14-29-5-7-36(33,34)8-6-29/h3-4,9-13,15H,5-8,14H2,1-2H3,(H,25,27)(H,31,32). The first-order valence-corrected chi connectivity index (χ1v) is 13.1. The molecule has 36 heavy (non-hydrogen) atoms. The third kappa shape index (κ3) is 4.77. The number of rotatable bonds is 6. The summed E-state index contributed by atoms with van der Waals surface area (Å²) in [6.45, 7) is 1.65. The fourth-order valence-electron chi connectivity index (χ4n) is 4.38. The molecular formula is C24H26N6O5S. The molecule has 1 fully saturated rings. The molecular weight excluding hydrogens is 484 g/mol. The Morgan fingerprint density at radius 1 is 1.17 bits per heavy atom. The van der Waals surface area contributed by atoms with Gasteiger partial charge in [-0.2, -0.15) is 5.10 Å². The summed E-state index contributed by atoms with van der Waals surface area (Å²) in [5.74, 6) is 1.42. The maximum absolute atomic E-state index is 12.1. The van der Waals surface area contributed by atoms with E-state index in [-0.39, 0.29) is 11.5 Å². The van der Waals surface area contributed by atoms with Crippen LogP contribution in [-0.4, -0.2) is 75.6 Å². The Morgan fingerprint density at radius 3 is 2.61 bits per heavy atom. The van der Waals surface area contributed by atoms with Gasteiger partial charge in [-0.05, 0) is 23.8 Å². The van der Waals surface area contributed by atoms with E-state index in [1.54, 1.807) is 49.6 Å². The van der Waals surface area contributed by atoms with Crippen molar-refractivity contribution in [2.75, 3.05) is 37.0 Å². The van der Waals surface area contributed by atoms with Gasteiger partial charge < -0.3 is 15.2 Å². The summed E-state index contributed by atoms with van der Waals surface area (Å²) < 4.78 is 31.8. The molecule has 0 bridgehead atoms. The van der Waals surface area contributed by atoms with Gasteiger partial charge >= 0.3 is 6.09 Å². The Kier molecular flexibility index (Phi) is 6.14. The first kappa shape index (κ1) is 23.8. The number of anilines is 2. The van der Waals surface area contributed by atoms with Gasteiger partial charge in [0, 0.05) is 56.1 Å². The molecule has 0 radical (unpaired) electrons. The summed E-state index contributed by atoms with van der Waals surface area (Å²) >= 11 is 0. The van der Waals surface area contributed by atoms with Gasteiger partial charge in [-0.15, -0.1) is 0 Å². The van der Waals surface area contributed by atoms with E-state index in [4.69, 9.17) is 4.74 Å². The van der Waals surface area contributed by atoms with Crippen LogP contribution in [0, 0.1) is 0 Å². The molecule has 4 heterocycles. The smallest absolute Gasteiger partial charge is 0.416 e. The molecule has 0 unspecified atom stereocenters. The highest BCUT2D eigenvalue weighted by Gasteiger charge is 2.22. The van der Waals surface area contributed by atoms with E-state index in [0.717, 1.165) is 5.56 Å². The van der Waals surface area contributed by atoms with Crippen molar-refractivity contribution >= 4 is 38.3 Å². The number of nitrogens with zero attached hydrogens (tertiary/aromatic N) is 5. The van der Waals surface area contributed by atoms with Gasteiger partial charge in [-0.3, -0.25) is 9.58 Å². The normalized spacial score (nSPS) is 15.7. The first-order chi connectivity index (χ1) is 17.2. The monoisotopic (exact) mass is 510 g/mol. The Bertz CT molecular complexity index is 1540. The Hall–Kier alpha value is -3.90. The number of nitrogens with one attached hydrogen (secondary N) is 1. The van der Waals surface area contributed by atoms with Crippen LogP contribution < -0.4 is 10.1 Å². The van der Waals surface area contributed by atoms with Crippen LogP contribution in [0.2, 0.25) is 0 Å². The lowest BCUT2D eigenvalue weighted by Gasteiger charge is -2.26. The van der Waals surface area contributed by atoms with Crippen molar-refractivity contribution in [2.24, 2.45) is 7.05 Å². The number of carboxylic acid groups (broad SMARTS) is 1. The summed E-state index contributed by atoms with van der Waals surface area (Å²) in [6, 6.07) is 9.19. The molecule has 11 nitrogen and oxygen atoms in total. The van der Waals surface area contributed by atoms with Crippen LogP contribution in [-0.2, 0) is 23.4 Å². The first-order valence-electron chi connectivity index (χ1n) is 11.3. The molecule has 1 saturated heterocycles. The minimum absolute atomic E-state index is 0.179. The number of carbonyl (C=O) groups is 1. The van der Waals surface area contributed by atoms with Crippen LogP contribution in [0.15, 0.2) is 48.9 Å². The average Bonchev–Trinajstić information content (AvgIpc) is 3.44. The molecule has 0 amide bonds. The molecule has 1 aromatic carbocycles. The Balaban J connectivity index is 1.41. The molecule has 12 heteroatoms. The third-order valence-corrected chi connectivity index (χ3v) is 7.86. The van der Waals surface area contributed by atoms with Crippen LogP contribution in [0.1, 0.15) is 5.56 Å². The highest BCUT2D eigenvalue weighted by molar-refractivity contribution is 7.91. The number of ether oxygens (including phenoxy) is 1. The van der Waals surface area contributed by atoms with Crippen molar-refractivity contribution in [1.29, 1.82) is 0 Å². The quantitative estimate of drug-likeness (QED) is 0.402. The lowest BCUT2D eigenvalue weighted by atomic mass is 10.1. The minimum Gasteiger partial charge on any atom is -0.495 e. The maximum atomic E-state index is 12.1. The number of hydrogen-bond acceptors (Lipinski definition) is 8. The van der Waals surface area contributed by atoms with Gasteiger partial charge in [0.15, 0.2) is 9.84 Å². The van der Waals surface area contributed by atoms with Crippen LogP contribution in [0.4, 0.5) is 16.3 Å². The lowest BCUT2D eigenvalue weighted by Crippen LogP contribution is -2.39. The fraction of sp³-hybridized carbons (Fsp3) is 0.292. The predicted molar refractivity (Wildman–Crippen MR) is 136 cm³/mol. The van der Waals surface area contributed by atoms with E-state index >= 15 is 0 Å². The number of fused-ring (bicyclic) bond motifs is 1. The van der Waals surface area contributed by atoms with Gasteiger partial charge in [0.1, 0.15) is 11.6 Å². The topological polar surface area (TPSA) is 132 Å². The number of methoxy groups -OCH3 is 1. The number of aromatic nitrogens is 4. The lowest BCUT2D eigenvalue weighted by molar-refractivity contribution is 0.198. The van der Waals surface area contributed by atoms with E-state index in [2.05, 4.69) is 20.3 Å². The molecule has 0 aliphatic carbocycles. The summed E-state index contributed by atoms with van der Waals surface area (Å²) in [7, 11) is 0.422. The zero-order valence-electron chi connectivity index (χ0n) is 19.9. The van der Waals surface area contributed by atoms with Crippen LogP contribution >= 0.6 is 0 Å². The largest absolute Gasteiger partial charge is 0.495 e. The zero-order chi connectivity index (χ0) is 25.4. The second kappa shape index (κ2) is 9.28. The second-order valence-corrected chi connectivity index (χ2v) is 11.1. The van der Waals surface area contributed by atoms with Crippen molar-refractivity contribution in [1.82, 2.24) is 24.2 Å². The van der Waals surface area contributed by atoms with Gasteiger partial charge in [-0.1, -0.05) is 6.07 Å². The van der Waals surface area contributed by atoms with E-state index in [0.29, 0.717) is 59.0 Å². The van der Waals surface area contributed by atoms with Crippen molar-refractivity contribution in [3.63, 3.8) is 0 Å². The highest BCUT2D eigenvalue weighted by atomic mass is 32.2. The molecule has 1 aliphatic heterocycles. The SMILES string of the molecule is COc1cc(CN2CCS(=O)(=O)CC2)ccc1Nc1cc2c(cn1)cc(-c1cnn(C)c1)n2C(=O)O. The Labute approximate surface area is 207 Å². The maximum Gasteiger partial charge on any atom is 0.416 e. The van der Waals surface area contributed by atoms with E-state index in [9.17, 15) is 18.3 Å². The number of hydrogen-bond donors (Lipinski definition) is 2. The summed E-state index contributed by atoms with van der Waals surface area (Å²) in [5.41, 5.74) is 3.37.